The predicted molar refractivity (Wildman–Crippen MR) is 129 cm³/mol. The fraction of sp³-hybridized carbons (Fsp3) is 0.600. The van der Waals surface area contributed by atoms with E-state index in [4.69, 9.17) is 33.1 Å². The minimum absolute atomic E-state index is 0.0479. The van der Waals surface area contributed by atoms with Crippen molar-refractivity contribution in [1.82, 2.24) is 16.0 Å². The van der Waals surface area contributed by atoms with E-state index < -0.39 is 78.5 Å². The van der Waals surface area contributed by atoms with E-state index in [1.54, 1.807) is 0 Å². The molecule has 214 valence electrons. The molecule has 0 spiro atoms. The van der Waals surface area contributed by atoms with Crippen LogP contribution in [0.2, 0.25) is 0 Å². The van der Waals surface area contributed by atoms with Crippen molar-refractivity contribution in [3.05, 3.63) is 0 Å². The zero-order valence-corrected chi connectivity index (χ0v) is 20.4. The number of rotatable bonds is 19. The fourth-order valence-corrected chi connectivity index (χ4v) is 2.93. The average molecular weight is 547 g/mol. The Kier molecular flexibility index (Phi) is 15.0. The summed E-state index contributed by atoms with van der Waals surface area (Å²) in [4.78, 5) is 86.1. The molecular formula is C20H34N8O10. The predicted octanol–water partition coefficient (Wildman–Crippen LogP) is -4.49. The molecule has 0 rings (SSSR count). The number of amides is 4. The highest BCUT2D eigenvalue weighted by Crippen LogP contribution is 2.05. The highest BCUT2D eigenvalue weighted by Gasteiger charge is 2.31. The Labute approximate surface area is 216 Å². The van der Waals surface area contributed by atoms with E-state index in [1.165, 1.54) is 0 Å². The normalized spacial score (nSPS) is 13.6. The average Bonchev–Trinajstić information content (AvgIpc) is 2.80. The minimum atomic E-state index is -1.77. The summed E-state index contributed by atoms with van der Waals surface area (Å²) >= 11 is 0. The Bertz CT molecular complexity index is 921. The van der Waals surface area contributed by atoms with Gasteiger partial charge in [0.25, 0.3) is 0 Å². The standard InChI is InChI=1S/C20H34N8O10/c21-9(3-6-14(30)31)16(34)26-10(2-1-7-25-20(23)24)17(35)28-12(8-15(32)33)18(36)27-11(19(37)38)4-5-13(22)29/h9-12H,1-8,21H2,(H2,22,29)(H,26,34)(H,27,36)(H,28,35)(H,30,31)(H,32,33)(H,37,38)(H4,23,24,25). The third-order valence-corrected chi connectivity index (χ3v) is 4.89. The number of guanidine groups is 1. The first-order valence-electron chi connectivity index (χ1n) is 11.3. The Morgan fingerprint density at radius 2 is 1.24 bits per heavy atom. The molecule has 4 unspecified atom stereocenters. The second-order valence-electron chi connectivity index (χ2n) is 8.11. The maximum Gasteiger partial charge on any atom is 0.326 e. The number of nitrogens with zero attached hydrogens (tertiary/aromatic N) is 1. The number of carboxylic acid groups (broad SMARTS) is 3. The first kappa shape index (κ1) is 33.5. The summed E-state index contributed by atoms with van der Waals surface area (Å²) in [5.41, 5.74) is 21.1. The molecule has 0 bridgehead atoms. The molecule has 0 heterocycles. The van der Waals surface area contributed by atoms with Gasteiger partial charge in [-0.1, -0.05) is 0 Å². The number of carboxylic acids is 3. The maximum absolute atomic E-state index is 12.9. The van der Waals surface area contributed by atoms with Crippen molar-refractivity contribution in [2.45, 2.75) is 69.1 Å². The molecule has 0 radical (unpaired) electrons. The lowest BCUT2D eigenvalue weighted by Gasteiger charge is -2.24. The Morgan fingerprint density at radius 1 is 0.684 bits per heavy atom. The number of hydrogen-bond acceptors (Lipinski definition) is 9. The first-order chi connectivity index (χ1) is 17.6. The molecule has 0 aliphatic heterocycles. The van der Waals surface area contributed by atoms with Crippen molar-refractivity contribution in [3.8, 4) is 0 Å². The van der Waals surface area contributed by atoms with E-state index in [1.807, 2.05) is 5.32 Å². The molecule has 0 fully saturated rings. The Morgan fingerprint density at radius 3 is 1.74 bits per heavy atom. The van der Waals surface area contributed by atoms with Crippen LogP contribution in [-0.4, -0.2) is 93.5 Å². The van der Waals surface area contributed by atoms with Gasteiger partial charge in [-0.2, -0.15) is 0 Å². The number of hydrogen-bond donors (Lipinski definition) is 10. The monoisotopic (exact) mass is 546 g/mol. The van der Waals surface area contributed by atoms with Gasteiger partial charge in [0, 0.05) is 19.4 Å². The van der Waals surface area contributed by atoms with E-state index in [0.29, 0.717) is 0 Å². The van der Waals surface area contributed by atoms with E-state index in [2.05, 4.69) is 15.6 Å². The number of carbonyl (C=O) groups is 7. The van der Waals surface area contributed by atoms with Gasteiger partial charge in [0.2, 0.25) is 23.6 Å². The number of aliphatic imine (C=N–C) groups is 1. The van der Waals surface area contributed by atoms with Crippen molar-refractivity contribution in [1.29, 1.82) is 0 Å². The third kappa shape index (κ3) is 14.8. The van der Waals surface area contributed by atoms with Crippen molar-refractivity contribution in [2.24, 2.45) is 27.9 Å². The van der Waals surface area contributed by atoms with Gasteiger partial charge in [0.15, 0.2) is 5.96 Å². The molecule has 0 aromatic heterocycles. The molecule has 18 heteroatoms. The first-order valence-corrected chi connectivity index (χ1v) is 11.3. The quantitative estimate of drug-likeness (QED) is 0.0415. The van der Waals surface area contributed by atoms with Crippen molar-refractivity contribution < 1.29 is 48.9 Å². The van der Waals surface area contributed by atoms with Gasteiger partial charge < -0.3 is 54.2 Å². The zero-order valence-electron chi connectivity index (χ0n) is 20.4. The van der Waals surface area contributed by atoms with Crippen molar-refractivity contribution >= 4 is 47.5 Å². The minimum Gasteiger partial charge on any atom is -0.481 e. The number of primary amides is 1. The molecule has 38 heavy (non-hydrogen) atoms. The van der Waals surface area contributed by atoms with Gasteiger partial charge in [-0.05, 0) is 25.7 Å². The van der Waals surface area contributed by atoms with Crippen LogP contribution in [0.5, 0.6) is 0 Å². The number of nitrogens with one attached hydrogen (secondary N) is 3. The molecule has 4 atom stereocenters. The topological polar surface area (TPSA) is 333 Å². The number of carbonyl (C=O) groups excluding carboxylic acids is 4. The smallest absolute Gasteiger partial charge is 0.326 e. The summed E-state index contributed by atoms with van der Waals surface area (Å²) in [7, 11) is 0. The molecule has 0 aliphatic carbocycles. The summed E-state index contributed by atoms with van der Waals surface area (Å²) in [6.45, 7) is 0.0479. The van der Waals surface area contributed by atoms with Crippen molar-refractivity contribution in [3.63, 3.8) is 0 Å². The van der Waals surface area contributed by atoms with E-state index in [0.717, 1.165) is 0 Å². The summed E-state index contributed by atoms with van der Waals surface area (Å²) < 4.78 is 0. The van der Waals surface area contributed by atoms with Crippen LogP contribution < -0.4 is 38.9 Å². The van der Waals surface area contributed by atoms with Crippen LogP contribution >= 0.6 is 0 Å². The molecule has 0 aromatic carbocycles. The highest BCUT2D eigenvalue weighted by molar-refractivity contribution is 5.95. The lowest BCUT2D eigenvalue weighted by atomic mass is 10.1. The van der Waals surface area contributed by atoms with Crippen molar-refractivity contribution in [2.75, 3.05) is 6.54 Å². The maximum atomic E-state index is 12.9. The zero-order chi connectivity index (χ0) is 29.4. The Balaban J connectivity index is 5.65. The second-order valence-corrected chi connectivity index (χ2v) is 8.11. The number of aliphatic carboxylic acids is 3. The van der Waals surface area contributed by atoms with Gasteiger partial charge in [-0.15, -0.1) is 0 Å². The van der Waals surface area contributed by atoms with Gasteiger partial charge >= 0.3 is 17.9 Å². The molecule has 4 amide bonds. The lowest BCUT2D eigenvalue weighted by molar-refractivity contribution is -0.144. The van der Waals surface area contributed by atoms with E-state index in [-0.39, 0.29) is 44.6 Å². The largest absolute Gasteiger partial charge is 0.481 e. The van der Waals surface area contributed by atoms with Gasteiger partial charge in [-0.3, -0.25) is 33.8 Å². The number of nitrogens with two attached hydrogens (primary N) is 4. The lowest BCUT2D eigenvalue weighted by Crippen LogP contribution is -2.57. The third-order valence-electron chi connectivity index (χ3n) is 4.89. The van der Waals surface area contributed by atoms with Crippen LogP contribution in [0.15, 0.2) is 4.99 Å². The summed E-state index contributed by atoms with van der Waals surface area (Å²) in [5.74, 6) is -8.38. The molecule has 0 aromatic rings. The summed E-state index contributed by atoms with van der Waals surface area (Å²) in [6.07, 6.45) is -2.34. The second kappa shape index (κ2) is 17.1. The van der Waals surface area contributed by atoms with Crippen LogP contribution in [0.4, 0.5) is 0 Å². The van der Waals surface area contributed by atoms with Crippen LogP contribution in [0.3, 0.4) is 0 Å². The molecular weight excluding hydrogens is 512 g/mol. The van der Waals surface area contributed by atoms with Crippen LogP contribution in [0.1, 0.15) is 44.9 Å². The van der Waals surface area contributed by atoms with E-state index >= 15 is 0 Å². The molecule has 0 saturated heterocycles. The van der Waals surface area contributed by atoms with Gasteiger partial charge in [0.1, 0.15) is 18.1 Å². The van der Waals surface area contributed by atoms with Gasteiger partial charge in [-0.25, -0.2) is 4.79 Å². The SMILES string of the molecule is NC(=O)CCC(NC(=O)C(CC(=O)O)NC(=O)C(CCCN=C(N)N)NC(=O)C(N)CCC(=O)O)C(=O)O. The van der Waals surface area contributed by atoms with Crippen LogP contribution in [-0.2, 0) is 33.6 Å². The van der Waals surface area contributed by atoms with E-state index in [9.17, 15) is 38.7 Å². The highest BCUT2D eigenvalue weighted by atomic mass is 16.4. The molecule has 0 aliphatic rings. The summed E-state index contributed by atoms with van der Waals surface area (Å²) in [6, 6.07) is -6.04. The fourth-order valence-electron chi connectivity index (χ4n) is 2.93. The molecule has 0 saturated carbocycles. The molecule has 18 nitrogen and oxygen atoms in total. The molecule has 14 N–H and O–H groups in total. The van der Waals surface area contributed by atoms with Crippen LogP contribution in [0, 0.1) is 0 Å². The Hall–Kier alpha value is -4.48. The van der Waals surface area contributed by atoms with Gasteiger partial charge in [0.05, 0.1) is 12.5 Å². The van der Waals surface area contributed by atoms with Crippen LogP contribution in [0.25, 0.3) is 0 Å². The summed E-state index contributed by atoms with van der Waals surface area (Å²) in [5, 5.41) is 33.7.